The summed E-state index contributed by atoms with van der Waals surface area (Å²) in [5.74, 6) is 1.99. The van der Waals surface area contributed by atoms with Crippen LogP contribution >= 0.6 is 27.3 Å². The van der Waals surface area contributed by atoms with Crippen LogP contribution in [0.4, 0.5) is 5.13 Å². The van der Waals surface area contributed by atoms with Gasteiger partial charge in [0.15, 0.2) is 5.13 Å². The van der Waals surface area contributed by atoms with Gasteiger partial charge in [-0.05, 0) is 37.5 Å². The van der Waals surface area contributed by atoms with Gasteiger partial charge in [-0.1, -0.05) is 33.7 Å². The Balaban J connectivity index is 1.67. The molecule has 1 aromatic rings. The minimum atomic E-state index is 0.208. The van der Waals surface area contributed by atoms with Crippen molar-refractivity contribution in [3.8, 4) is 5.88 Å². The third-order valence-electron chi connectivity index (χ3n) is 4.05. The molecule has 0 aliphatic heterocycles. The second kappa shape index (κ2) is 4.76. The lowest BCUT2D eigenvalue weighted by molar-refractivity contribution is 0.436. The van der Waals surface area contributed by atoms with Crippen LogP contribution in [0.15, 0.2) is 0 Å². The second-order valence-electron chi connectivity index (χ2n) is 5.13. The molecule has 0 spiro atoms. The largest absolute Gasteiger partial charge is 0.492 e. The van der Waals surface area contributed by atoms with E-state index in [4.69, 9.17) is 0 Å². The van der Waals surface area contributed by atoms with Crippen molar-refractivity contribution in [3.63, 3.8) is 0 Å². The van der Waals surface area contributed by atoms with Gasteiger partial charge in [-0.3, -0.25) is 0 Å². The molecule has 2 N–H and O–H groups in total. The van der Waals surface area contributed by atoms with Gasteiger partial charge in [0.2, 0.25) is 5.88 Å². The van der Waals surface area contributed by atoms with Gasteiger partial charge in [0, 0.05) is 11.4 Å². The van der Waals surface area contributed by atoms with E-state index in [1.807, 2.05) is 0 Å². The number of alkyl halides is 1. The average Bonchev–Trinajstić information content (AvgIpc) is 2.96. The molecule has 3 nitrogen and oxygen atoms in total. The Bertz CT molecular complexity index is 409. The number of nitrogens with zero attached hydrogens (tertiary/aromatic N) is 1. The van der Waals surface area contributed by atoms with Crippen molar-refractivity contribution in [3.05, 3.63) is 4.88 Å². The third kappa shape index (κ3) is 2.32. The number of hydrogen-bond donors (Lipinski definition) is 2. The summed E-state index contributed by atoms with van der Waals surface area (Å²) in [6, 6.07) is 0.594. The highest BCUT2D eigenvalue weighted by molar-refractivity contribution is 9.09. The van der Waals surface area contributed by atoms with Gasteiger partial charge in [-0.15, -0.1) is 0 Å². The summed E-state index contributed by atoms with van der Waals surface area (Å²) in [6.45, 7) is 0. The fourth-order valence-corrected chi connectivity index (χ4v) is 4.81. The molecule has 0 amide bonds. The summed E-state index contributed by atoms with van der Waals surface area (Å²) in [4.78, 5) is 5.20. The minimum Gasteiger partial charge on any atom is -0.492 e. The zero-order valence-electron chi connectivity index (χ0n) is 9.66. The summed E-state index contributed by atoms with van der Waals surface area (Å²) in [7, 11) is 0. The molecule has 1 aromatic heterocycles. The highest BCUT2D eigenvalue weighted by Crippen LogP contribution is 2.46. The summed E-state index contributed by atoms with van der Waals surface area (Å²) < 4.78 is 0. The second-order valence-corrected chi connectivity index (χ2v) is 7.01. The van der Waals surface area contributed by atoms with E-state index in [9.17, 15) is 5.11 Å². The van der Waals surface area contributed by atoms with Gasteiger partial charge in [-0.25, -0.2) is 0 Å². The number of halogens is 1. The lowest BCUT2D eigenvalue weighted by atomic mass is 9.96. The molecular weight excluding hydrogens is 300 g/mol. The van der Waals surface area contributed by atoms with Gasteiger partial charge in [-0.2, -0.15) is 4.98 Å². The van der Waals surface area contributed by atoms with Crippen LogP contribution in [0.1, 0.15) is 30.6 Å². The number of thiazole rings is 1. The van der Waals surface area contributed by atoms with Crippen molar-refractivity contribution >= 4 is 32.4 Å². The van der Waals surface area contributed by atoms with Crippen LogP contribution in [0, 0.1) is 11.8 Å². The fraction of sp³-hybridized carbons (Fsp3) is 0.750. The molecule has 2 aliphatic carbocycles. The number of nitrogens with one attached hydrogen (secondary N) is 1. The molecule has 2 saturated carbocycles. The summed E-state index contributed by atoms with van der Waals surface area (Å²) >= 11 is 4.99. The van der Waals surface area contributed by atoms with Crippen LogP contribution < -0.4 is 5.32 Å². The average molecular weight is 317 g/mol. The number of aromatic hydroxyl groups is 1. The van der Waals surface area contributed by atoms with Crippen molar-refractivity contribution in [2.75, 3.05) is 10.6 Å². The van der Waals surface area contributed by atoms with Crippen LogP contribution in [0.25, 0.3) is 0 Å². The van der Waals surface area contributed by atoms with Crippen molar-refractivity contribution < 1.29 is 5.11 Å². The van der Waals surface area contributed by atoms with Crippen LogP contribution in [-0.2, 0) is 6.42 Å². The Hall–Kier alpha value is -0.290. The van der Waals surface area contributed by atoms with E-state index in [2.05, 4.69) is 26.2 Å². The van der Waals surface area contributed by atoms with E-state index in [1.54, 1.807) is 11.3 Å². The number of aromatic nitrogens is 1. The van der Waals surface area contributed by atoms with Gasteiger partial charge in [0.1, 0.15) is 0 Å². The molecule has 0 radical (unpaired) electrons. The molecule has 3 atom stereocenters. The number of fused-ring (bicyclic) bond motifs is 2. The fourth-order valence-electron chi connectivity index (χ4n) is 3.23. The summed E-state index contributed by atoms with van der Waals surface area (Å²) in [6.07, 6.45) is 6.32. The maximum Gasteiger partial charge on any atom is 0.227 e. The van der Waals surface area contributed by atoms with Gasteiger partial charge in [0.25, 0.3) is 0 Å². The third-order valence-corrected chi connectivity index (χ3v) is 5.48. The van der Waals surface area contributed by atoms with Crippen LogP contribution in [0.3, 0.4) is 0 Å². The molecule has 0 aromatic carbocycles. The first-order chi connectivity index (χ1) is 8.26. The number of anilines is 1. The van der Waals surface area contributed by atoms with E-state index in [0.29, 0.717) is 6.04 Å². The standard InChI is InChI=1S/C12H17BrN2OS/c13-4-3-10-11(16)15-12(17-10)14-9-6-7-1-2-8(9)5-7/h7-9,16H,1-6H2,(H,14,15)/t7-,8+,9+/m1/s1. The normalized spacial score (nSPS) is 31.0. The Morgan fingerprint density at radius 3 is 2.94 bits per heavy atom. The topological polar surface area (TPSA) is 45.2 Å². The summed E-state index contributed by atoms with van der Waals surface area (Å²) in [5, 5.41) is 15.0. The van der Waals surface area contributed by atoms with Crippen molar-refractivity contribution in [1.82, 2.24) is 4.98 Å². The lowest BCUT2D eigenvalue weighted by Crippen LogP contribution is -2.25. The van der Waals surface area contributed by atoms with Gasteiger partial charge in [0.05, 0.1) is 4.88 Å². The van der Waals surface area contributed by atoms with E-state index < -0.39 is 0 Å². The molecule has 0 saturated heterocycles. The first-order valence-electron chi connectivity index (χ1n) is 6.27. The molecule has 3 rings (SSSR count). The van der Waals surface area contributed by atoms with Crippen molar-refractivity contribution in [2.45, 2.75) is 38.1 Å². The Kier molecular flexibility index (Phi) is 3.30. The highest BCUT2D eigenvalue weighted by atomic mass is 79.9. The summed E-state index contributed by atoms with van der Waals surface area (Å²) in [5.41, 5.74) is 0. The molecule has 2 bridgehead atoms. The monoisotopic (exact) mass is 316 g/mol. The van der Waals surface area contributed by atoms with Crippen LogP contribution in [0.5, 0.6) is 5.88 Å². The number of rotatable bonds is 4. The highest BCUT2D eigenvalue weighted by Gasteiger charge is 2.39. The Morgan fingerprint density at radius 2 is 2.29 bits per heavy atom. The maximum absolute atomic E-state index is 9.71. The minimum absolute atomic E-state index is 0.208. The van der Waals surface area contributed by atoms with Crippen LogP contribution in [0.2, 0.25) is 0 Å². The van der Waals surface area contributed by atoms with Crippen molar-refractivity contribution in [2.24, 2.45) is 11.8 Å². The lowest BCUT2D eigenvalue weighted by Gasteiger charge is -2.22. The first-order valence-corrected chi connectivity index (χ1v) is 8.21. The molecule has 2 fully saturated rings. The molecule has 1 heterocycles. The zero-order chi connectivity index (χ0) is 11.8. The zero-order valence-corrected chi connectivity index (χ0v) is 12.1. The molecular formula is C12H17BrN2OS. The van der Waals surface area contributed by atoms with E-state index in [0.717, 1.165) is 33.6 Å². The molecule has 94 valence electrons. The van der Waals surface area contributed by atoms with E-state index >= 15 is 0 Å². The predicted octanol–water partition coefficient (Wildman–Crippen LogP) is 3.39. The van der Waals surface area contributed by atoms with Crippen LogP contribution in [-0.4, -0.2) is 21.5 Å². The molecule has 17 heavy (non-hydrogen) atoms. The Morgan fingerprint density at radius 1 is 1.41 bits per heavy atom. The number of hydrogen-bond acceptors (Lipinski definition) is 4. The molecule has 2 aliphatic rings. The Labute approximate surface area is 114 Å². The number of aryl methyl sites for hydroxylation is 1. The molecule has 0 unspecified atom stereocenters. The van der Waals surface area contributed by atoms with Gasteiger partial charge < -0.3 is 10.4 Å². The quantitative estimate of drug-likeness (QED) is 0.837. The predicted molar refractivity (Wildman–Crippen MR) is 74.1 cm³/mol. The SMILES string of the molecule is Oc1nc(N[C@H]2C[C@@H]3CC[C@H]2C3)sc1CCBr. The molecule has 5 heteroatoms. The van der Waals surface area contributed by atoms with E-state index in [-0.39, 0.29) is 5.88 Å². The smallest absolute Gasteiger partial charge is 0.227 e. The van der Waals surface area contributed by atoms with Crippen molar-refractivity contribution in [1.29, 1.82) is 0 Å². The van der Waals surface area contributed by atoms with E-state index in [1.165, 1.54) is 25.7 Å². The van der Waals surface area contributed by atoms with Gasteiger partial charge >= 0.3 is 0 Å². The first kappa shape index (κ1) is 11.8. The maximum atomic E-state index is 9.71.